The summed E-state index contributed by atoms with van der Waals surface area (Å²) in [4.78, 5) is 24.4. The smallest absolute Gasteiger partial charge is 0.148 e. The molecule has 0 radical (unpaired) electrons. The van der Waals surface area contributed by atoms with E-state index in [0.29, 0.717) is 0 Å². The summed E-state index contributed by atoms with van der Waals surface area (Å²) in [6.07, 6.45) is 5.34. The third kappa shape index (κ3) is 4.70. The minimum atomic E-state index is -0.749. The first-order valence-corrected chi connectivity index (χ1v) is 21.9. The van der Waals surface area contributed by atoms with E-state index in [1.807, 2.05) is 24.4 Å². The van der Waals surface area contributed by atoms with Crippen LogP contribution in [0.25, 0.3) is 61.2 Å². The summed E-state index contributed by atoms with van der Waals surface area (Å²) in [7, 11) is 0. The molecule has 1 unspecified atom stereocenters. The zero-order chi connectivity index (χ0) is 41.2. The lowest BCUT2D eigenvalue weighted by Gasteiger charge is -2.41. The first kappa shape index (κ1) is 34.6. The van der Waals surface area contributed by atoms with Gasteiger partial charge in [0.25, 0.3) is 0 Å². The van der Waals surface area contributed by atoms with E-state index in [1.165, 1.54) is 21.8 Å². The highest BCUT2D eigenvalue weighted by Gasteiger charge is 2.53. The molecule has 0 fully saturated rings. The molecule has 0 N–H and O–H groups in total. The Morgan fingerprint density at radius 1 is 0.508 bits per heavy atom. The van der Waals surface area contributed by atoms with Gasteiger partial charge in [-0.2, -0.15) is 0 Å². The lowest BCUT2D eigenvalue weighted by molar-refractivity contribution is 0.426. The SMILES string of the molecule is c1cc(N2c3ccccc3Sc3c2ccc2c3Oc3ccccc3C23c2cccnc2-c2nc(-c4cccc5nccnc45)ccc23)cc(-n2c3ccccc3c3ccccc32)c1. The number of aromatic nitrogens is 5. The molecule has 8 heteroatoms. The quantitative estimate of drug-likeness (QED) is 0.176. The Balaban J connectivity index is 0.994. The molecule has 1 spiro atoms. The number of anilines is 3. The van der Waals surface area contributed by atoms with Gasteiger partial charge in [-0.3, -0.25) is 15.0 Å². The number of fused-ring (bicyclic) bond motifs is 16. The van der Waals surface area contributed by atoms with Crippen molar-refractivity contribution in [2.24, 2.45) is 0 Å². The number of para-hydroxylation sites is 5. The van der Waals surface area contributed by atoms with Crippen molar-refractivity contribution in [3.63, 3.8) is 0 Å². The minimum Gasteiger partial charge on any atom is -0.455 e. The van der Waals surface area contributed by atoms with Crippen molar-refractivity contribution in [2.45, 2.75) is 15.2 Å². The van der Waals surface area contributed by atoms with E-state index in [2.05, 4.69) is 172 Å². The Labute approximate surface area is 366 Å². The summed E-state index contributed by atoms with van der Waals surface area (Å²) < 4.78 is 9.59. The summed E-state index contributed by atoms with van der Waals surface area (Å²) in [5, 5.41) is 2.47. The fourth-order valence-corrected chi connectivity index (χ4v) is 11.6. The molecule has 7 aromatic carbocycles. The van der Waals surface area contributed by atoms with Crippen LogP contribution in [0.5, 0.6) is 11.5 Å². The topological polar surface area (TPSA) is 69.0 Å². The van der Waals surface area contributed by atoms with Crippen LogP contribution in [-0.4, -0.2) is 24.5 Å². The molecule has 3 aliphatic rings. The highest BCUT2D eigenvalue weighted by Crippen LogP contribution is 2.65. The number of rotatable bonds is 3. The first-order chi connectivity index (χ1) is 31.3. The van der Waals surface area contributed by atoms with E-state index in [-0.39, 0.29) is 0 Å². The van der Waals surface area contributed by atoms with E-state index in [9.17, 15) is 0 Å². The van der Waals surface area contributed by atoms with Crippen LogP contribution in [0.4, 0.5) is 17.1 Å². The first-order valence-electron chi connectivity index (χ1n) is 21.0. The molecule has 0 saturated heterocycles. The van der Waals surface area contributed by atoms with Crippen LogP contribution in [0.1, 0.15) is 22.3 Å². The second kappa shape index (κ2) is 13.0. The fourth-order valence-electron chi connectivity index (χ4n) is 10.5. The van der Waals surface area contributed by atoms with Crippen LogP contribution in [0.2, 0.25) is 0 Å². The third-order valence-corrected chi connectivity index (χ3v) is 14.2. The number of ether oxygens (including phenoxy) is 1. The van der Waals surface area contributed by atoms with Crippen molar-refractivity contribution in [3.8, 4) is 39.8 Å². The van der Waals surface area contributed by atoms with Crippen LogP contribution in [0.3, 0.4) is 0 Å². The Morgan fingerprint density at radius 3 is 2.14 bits per heavy atom. The van der Waals surface area contributed by atoms with Crippen LogP contribution in [-0.2, 0) is 5.41 Å². The van der Waals surface area contributed by atoms with E-state index in [1.54, 1.807) is 24.2 Å². The zero-order valence-electron chi connectivity index (χ0n) is 33.5. The van der Waals surface area contributed by atoms with Gasteiger partial charge in [-0.15, -0.1) is 0 Å². The normalized spacial score (nSPS) is 15.4. The standard InChI is InChI=1S/C55H32N6OS/c1-4-20-44-35(14-1)36-15-2-5-21-45(36)60(44)33-12-9-13-34(32-33)61-46-22-6-8-24-49(46)63-54-47(61)28-26-41-53(54)62-48-23-7-3-17-38(48)55(41)39-18-11-29-57-51(39)52-40(55)25-27-42(59-52)37-16-10-19-43-50(37)58-31-30-56-43/h1-32H. The molecule has 6 heterocycles. The van der Waals surface area contributed by atoms with Crippen LogP contribution >= 0.6 is 11.8 Å². The van der Waals surface area contributed by atoms with Gasteiger partial charge >= 0.3 is 0 Å². The molecule has 11 aromatic rings. The number of hydrogen-bond acceptors (Lipinski definition) is 7. The lowest BCUT2D eigenvalue weighted by atomic mass is 9.66. The molecule has 0 saturated carbocycles. The zero-order valence-corrected chi connectivity index (χ0v) is 34.3. The van der Waals surface area contributed by atoms with Gasteiger partial charge in [-0.05, 0) is 83.9 Å². The number of benzene rings is 7. The fraction of sp³-hybridized carbons (Fsp3) is 0.0182. The summed E-state index contributed by atoms with van der Waals surface area (Å²) in [6, 6.07) is 62.7. The molecule has 0 bridgehead atoms. The van der Waals surface area contributed by atoms with Gasteiger partial charge in [0, 0.05) is 62.3 Å². The number of nitrogens with zero attached hydrogens (tertiary/aromatic N) is 6. The molecule has 1 aliphatic carbocycles. The molecule has 4 aromatic heterocycles. The maximum Gasteiger partial charge on any atom is 0.148 e. The number of hydrogen-bond donors (Lipinski definition) is 0. The van der Waals surface area contributed by atoms with Crippen LogP contribution in [0.15, 0.2) is 204 Å². The van der Waals surface area contributed by atoms with E-state index in [4.69, 9.17) is 19.7 Å². The highest BCUT2D eigenvalue weighted by molar-refractivity contribution is 7.99. The van der Waals surface area contributed by atoms with Gasteiger partial charge in [-0.1, -0.05) is 115 Å². The van der Waals surface area contributed by atoms with E-state index < -0.39 is 5.41 Å². The van der Waals surface area contributed by atoms with Crippen LogP contribution in [0, 0.1) is 0 Å². The lowest BCUT2D eigenvalue weighted by Crippen LogP contribution is -2.33. The summed E-state index contributed by atoms with van der Waals surface area (Å²) >= 11 is 1.77. The van der Waals surface area contributed by atoms with Gasteiger partial charge in [0.05, 0.1) is 60.8 Å². The molecule has 2 aliphatic heterocycles. The van der Waals surface area contributed by atoms with Crippen molar-refractivity contribution >= 4 is 61.7 Å². The molecule has 1 atom stereocenters. The van der Waals surface area contributed by atoms with E-state index >= 15 is 0 Å². The summed E-state index contributed by atoms with van der Waals surface area (Å²) in [5.74, 6) is 1.65. The molecular weight excluding hydrogens is 793 g/mol. The van der Waals surface area contributed by atoms with E-state index in [0.717, 1.165) is 100.0 Å². The maximum atomic E-state index is 7.20. The molecular formula is C55H32N6OS. The predicted octanol–water partition coefficient (Wildman–Crippen LogP) is 13.6. The highest BCUT2D eigenvalue weighted by atomic mass is 32.2. The Hall–Kier alpha value is -8.07. The second-order valence-electron chi connectivity index (χ2n) is 16.2. The second-order valence-corrected chi connectivity index (χ2v) is 17.2. The minimum absolute atomic E-state index is 0.749. The largest absolute Gasteiger partial charge is 0.455 e. The van der Waals surface area contributed by atoms with Gasteiger partial charge in [0.15, 0.2) is 0 Å². The van der Waals surface area contributed by atoms with Gasteiger partial charge < -0.3 is 14.2 Å². The summed E-state index contributed by atoms with van der Waals surface area (Å²) in [5.41, 5.74) is 15.3. The average molecular weight is 825 g/mol. The molecule has 14 rings (SSSR count). The third-order valence-electron chi connectivity index (χ3n) is 13.0. The predicted molar refractivity (Wildman–Crippen MR) is 251 cm³/mol. The Kier molecular flexibility index (Phi) is 7.13. The monoisotopic (exact) mass is 824 g/mol. The van der Waals surface area contributed by atoms with Crippen LogP contribution < -0.4 is 9.64 Å². The Morgan fingerprint density at radius 2 is 1.24 bits per heavy atom. The molecule has 0 amide bonds. The molecule has 7 nitrogen and oxygen atoms in total. The van der Waals surface area contributed by atoms with Gasteiger partial charge in [0.1, 0.15) is 11.5 Å². The molecule has 63 heavy (non-hydrogen) atoms. The van der Waals surface area contributed by atoms with Crippen molar-refractivity contribution < 1.29 is 4.74 Å². The average Bonchev–Trinajstić information content (AvgIpc) is 3.84. The van der Waals surface area contributed by atoms with Gasteiger partial charge in [0.2, 0.25) is 0 Å². The number of pyridine rings is 2. The van der Waals surface area contributed by atoms with Gasteiger partial charge in [-0.25, -0.2) is 4.98 Å². The van der Waals surface area contributed by atoms with Crippen molar-refractivity contribution in [2.75, 3.05) is 4.90 Å². The summed E-state index contributed by atoms with van der Waals surface area (Å²) in [6.45, 7) is 0. The Bertz CT molecular complexity index is 3690. The van der Waals surface area contributed by atoms with Crippen molar-refractivity contribution in [1.29, 1.82) is 0 Å². The molecule has 294 valence electrons. The maximum absolute atomic E-state index is 7.20. The van der Waals surface area contributed by atoms with Crippen molar-refractivity contribution in [1.82, 2.24) is 24.5 Å². The van der Waals surface area contributed by atoms with Crippen molar-refractivity contribution in [3.05, 3.63) is 217 Å².